The first kappa shape index (κ1) is 46.1. The van der Waals surface area contributed by atoms with Gasteiger partial charge in [0.2, 0.25) is 0 Å². The molecule has 0 aromatic rings. The minimum atomic E-state index is -2.02. The van der Waals surface area contributed by atoms with E-state index < -0.39 is 16.6 Å². The molecule has 0 saturated heterocycles. The number of hydrogen-bond donors (Lipinski definition) is 0. The Hall–Kier alpha value is -1.26. The quantitative estimate of drug-likeness (QED) is 0.0889. The van der Waals surface area contributed by atoms with Gasteiger partial charge in [-0.05, 0) is 141 Å². The number of carbonyl (C=O) groups is 1. The van der Waals surface area contributed by atoms with E-state index in [9.17, 15) is 4.79 Å². The van der Waals surface area contributed by atoms with Crippen LogP contribution in [0.2, 0.25) is 36.3 Å². The Labute approximate surface area is 329 Å². The highest BCUT2D eigenvalue weighted by Gasteiger charge is 2.47. The predicted molar refractivity (Wildman–Crippen MR) is 230 cm³/mol. The fourth-order valence-electron chi connectivity index (χ4n) is 8.05. The predicted octanol–water partition coefficient (Wildman–Crippen LogP) is 13.3. The van der Waals surface area contributed by atoms with E-state index in [1.807, 2.05) is 0 Å². The van der Waals surface area contributed by atoms with Crippen LogP contribution in [0.3, 0.4) is 0 Å². The summed E-state index contributed by atoms with van der Waals surface area (Å²) in [5.74, 6) is 1.40. The smallest absolute Gasteiger partial charge is 0.332 e. The zero-order valence-electron chi connectivity index (χ0n) is 37.3. The Balaban J connectivity index is 1.77. The van der Waals surface area contributed by atoms with Crippen LogP contribution in [0.4, 0.5) is 0 Å². The van der Waals surface area contributed by atoms with Crippen LogP contribution in [0.1, 0.15) is 147 Å². The summed E-state index contributed by atoms with van der Waals surface area (Å²) in [5, 5.41) is 0.268. The molecule has 0 heterocycles. The molecule has 2 fully saturated rings. The molecule has 0 aromatic carbocycles. The maximum atomic E-state index is 13.0. The van der Waals surface area contributed by atoms with Crippen LogP contribution in [0, 0.1) is 23.2 Å². The number of esters is 1. The third-order valence-electron chi connectivity index (χ3n) is 13.7. The standard InChI is InChI=1S/C46H82O5Si2/c1-32(2)20-24-38(25-21-33(3)4)49-43(47)31-48-35(6)40-26-27-41-36(19-18-28-46(40,41)13)22-23-37-29-39(50-52(14,15)44(7,8)9)30-42(34(37)5)51-53(16,17)45(10,11)12/h22-23,26,32-33,35,38-39,41-42H,5,18-21,24-25,27-31H2,1-4,6-17H3/t35-,39+,41-,42-,46+/m0/s1. The highest BCUT2D eigenvalue weighted by Crippen LogP contribution is 2.56. The van der Waals surface area contributed by atoms with Gasteiger partial charge in [0, 0.05) is 6.42 Å². The number of hydrogen-bond acceptors (Lipinski definition) is 5. The average Bonchev–Trinajstić information content (AvgIpc) is 3.38. The molecule has 53 heavy (non-hydrogen) atoms. The molecule has 0 aromatic heterocycles. The minimum Gasteiger partial charge on any atom is -0.461 e. The SMILES string of the molecule is C=C1C(=CC=C2CCC[C@]3(C)C([C@H](C)OCC(=O)OC(CCC(C)C)CCC(C)C)=CC[C@@H]23)C[C@@H](O[Si](C)(C)C(C)(C)C)C[C@@H]1O[Si](C)(C)C(C)(C)C. The average molecular weight is 771 g/mol. The van der Waals surface area contributed by atoms with Crippen LogP contribution in [0.25, 0.3) is 0 Å². The molecule has 3 rings (SSSR count). The lowest BCUT2D eigenvalue weighted by atomic mass is 9.63. The summed E-state index contributed by atoms with van der Waals surface area (Å²) in [6.45, 7) is 41.5. The van der Waals surface area contributed by atoms with E-state index in [1.165, 1.54) is 16.7 Å². The molecule has 2 saturated carbocycles. The summed E-state index contributed by atoms with van der Waals surface area (Å²) in [6, 6.07) is 0. The van der Waals surface area contributed by atoms with Gasteiger partial charge in [0.25, 0.3) is 0 Å². The Morgan fingerprint density at radius 1 is 0.906 bits per heavy atom. The molecule has 0 aliphatic heterocycles. The van der Waals surface area contributed by atoms with E-state index in [4.69, 9.17) is 18.3 Å². The maximum Gasteiger partial charge on any atom is 0.332 e. The number of rotatable bonds is 16. The van der Waals surface area contributed by atoms with Crippen molar-refractivity contribution in [3.8, 4) is 0 Å². The summed E-state index contributed by atoms with van der Waals surface area (Å²) in [4.78, 5) is 13.0. The van der Waals surface area contributed by atoms with Crippen LogP contribution in [-0.4, -0.2) is 53.6 Å². The topological polar surface area (TPSA) is 54.0 Å². The summed E-state index contributed by atoms with van der Waals surface area (Å²) in [6.07, 6.45) is 17.3. The van der Waals surface area contributed by atoms with Crippen LogP contribution in [0.5, 0.6) is 0 Å². The van der Waals surface area contributed by atoms with Gasteiger partial charge in [-0.1, -0.05) is 107 Å². The fraction of sp³-hybridized carbons (Fsp3) is 0.804. The highest BCUT2D eigenvalue weighted by atomic mass is 28.4. The van der Waals surface area contributed by atoms with Gasteiger partial charge in [-0.15, -0.1) is 0 Å². The van der Waals surface area contributed by atoms with Gasteiger partial charge < -0.3 is 18.3 Å². The molecule has 0 N–H and O–H groups in total. The van der Waals surface area contributed by atoms with E-state index in [0.29, 0.717) is 17.8 Å². The first-order chi connectivity index (χ1) is 24.3. The van der Waals surface area contributed by atoms with Gasteiger partial charge in [0.1, 0.15) is 12.7 Å². The molecular formula is C46H82O5Si2. The Morgan fingerprint density at radius 2 is 1.47 bits per heavy atom. The number of ether oxygens (including phenoxy) is 2. The van der Waals surface area contributed by atoms with E-state index in [1.54, 1.807) is 0 Å². The van der Waals surface area contributed by atoms with Crippen molar-refractivity contribution in [2.45, 2.75) is 208 Å². The minimum absolute atomic E-state index is 0.00620. The van der Waals surface area contributed by atoms with Crippen molar-refractivity contribution in [2.24, 2.45) is 23.2 Å². The van der Waals surface area contributed by atoms with Crippen molar-refractivity contribution in [1.82, 2.24) is 0 Å². The van der Waals surface area contributed by atoms with E-state index in [2.05, 4.69) is 134 Å². The van der Waals surface area contributed by atoms with Crippen molar-refractivity contribution in [1.29, 1.82) is 0 Å². The van der Waals surface area contributed by atoms with Crippen LogP contribution < -0.4 is 0 Å². The van der Waals surface area contributed by atoms with Gasteiger partial charge in [-0.3, -0.25) is 0 Å². The second-order valence-electron chi connectivity index (χ2n) is 21.0. The van der Waals surface area contributed by atoms with Gasteiger partial charge in [-0.25, -0.2) is 4.79 Å². The second kappa shape index (κ2) is 18.3. The Kier molecular flexibility index (Phi) is 16.0. The van der Waals surface area contributed by atoms with Crippen molar-refractivity contribution in [3.63, 3.8) is 0 Å². The fourth-order valence-corrected chi connectivity index (χ4v) is 10.7. The number of carbonyl (C=O) groups excluding carboxylic acids is 1. The molecule has 0 bridgehead atoms. The molecule has 5 atom stereocenters. The molecule has 304 valence electrons. The summed E-state index contributed by atoms with van der Waals surface area (Å²) in [7, 11) is -4.00. The van der Waals surface area contributed by atoms with Crippen molar-refractivity contribution in [3.05, 3.63) is 47.1 Å². The Morgan fingerprint density at radius 3 is 2.02 bits per heavy atom. The lowest BCUT2D eigenvalue weighted by Crippen LogP contribution is -2.49. The Bertz CT molecular complexity index is 1330. The summed E-state index contributed by atoms with van der Waals surface area (Å²) < 4.78 is 26.5. The molecular weight excluding hydrogens is 689 g/mol. The van der Waals surface area contributed by atoms with E-state index >= 15 is 0 Å². The number of allylic oxidation sites excluding steroid dienone is 4. The first-order valence-electron chi connectivity index (χ1n) is 21.2. The molecule has 0 radical (unpaired) electrons. The third-order valence-corrected chi connectivity index (χ3v) is 22.7. The summed E-state index contributed by atoms with van der Waals surface area (Å²) in [5.41, 5.74) is 5.30. The van der Waals surface area contributed by atoms with Crippen LogP contribution in [0.15, 0.2) is 47.1 Å². The highest BCUT2D eigenvalue weighted by molar-refractivity contribution is 6.74. The third kappa shape index (κ3) is 12.4. The molecule has 0 unspecified atom stereocenters. The zero-order chi connectivity index (χ0) is 40.2. The second-order valence-corrected chi connectivity index (χ2v) is 30.5. The molecule has 3 aliphatic carbocycles. The van der Waals surface area contributed by atoms with Crippen LogP contribution in [-0.2, 0) is 23.1 Å². The van der Waals surface area contributed by atoms with Gasteiger partial charge in [-0.2, -0.15) is 0 Å². The molecule has 0 spiro atoms. The lowest BCUT2D eigenvalue weighted by molar-refractivity contribution is -0.156. The van der Waals surface area contributed by atoms with Crippen molar-refractivity contribution in [2.75, 3.05) is 6.61 Å². The zero-order valence-corrected chi connectivity index (χ0v) is 39.3. The largest absolute Gasteiger partial charge is 0.461 e. The van der Waals surface area contributed by atoms with Crippen molar-refractivity contribution < 1.29 is 23.1 Å². The molecule has 0 amide bonds. The molecule has 5 nitrogen and oxygen atoms in total. The van der Waals surface area contributed by atoms with Crippen molar-refractivity contribution >= 4 is 22.6 Å². The summed E-state index contributed by atoms with van der Waals surface area (Å²) >= 11 is 0. The normalized spacial score (nSPS) is 26.9. The van der Waals surface area contributed by atoms with Gasteiger partial charge in [0.05, 0.1) is 18.3 Å². The molecule has 3 aliphatic rings. The van der Waals surface area contributed by atoms with Gasteiger partial charge in [0.15, 0.2) is 16.6 Å². The van der Waals surface area contributed by atoms with E-state index in [-0.39, 0.29) is 52.5 Å². The van der Waals surface area contributed by atoms with Gasteiger partial charge >= 0.3 is 5.97 Å². The first-order valence-corrected chi connectivity index (χ1v) is 27.0. The monoisotopic (exact) mass is 771 g/mol. The maximum absolute atomic E-state index is 13.0. The lowest BCUT2D eigenvalue weighted by Gasteiger charge is -2.45. The van der Waals surface area contributed by atoms with E-state index in [0.717, 1.165) is 69.8 Å². The molecule has 7 heteroatoms. The number of fused-ring (bicyclic) bond motifs is 1. The van der Waals surface area contributed by atoms with Crippen LogP contribution >= 0.6 is 0 Å².